The first-order valence-corrected chi connectivity index (χ1v) is 7.12. The molecular weight excluding hydrogens is 240 g/mol. The lowest BCUT2D eigenvalue weighted by Crippen LogP contribution is -2.21. The van der Waals surface area contributed by atoms with Crippen molar-refractivity contribution in [3.63, 3.8) is 0 Å². The van der Waals surface area contributed by atoms with E-state index >= 15 is 0 Å². The minimum absolute atomic E-state index is 0.276. The number of hydrogen-bond donors (Lipinski definition) is 2. The molecule has 1 amide bonds. The fourth-order valence-corrected chi connectivity index (χ4v) is 2.96. The van der Waals surface area contributed by atoms with Gasteiger partial charge in [-0.2, -0.15) is 5.10 Å². The third kappa shape index (κ3) is 2.81. The molecule has 5 nitrogen and oxygen atoms in total. The summed E-state index contributed by atoms with van der Waals surface area (Å²) in [6.45, 7) is 5.57. The van der Waals surface area contributed by atoms with Crippen LogP contribution in [0.15, 0.2) is 0 Å². The molecule has 1 aromatic heterocycles. The number of amides is 1. The topological polar surface area (TPSA) is 86.9 Å². The lowest BCUT2D eigenvalue weighted by molar-refractivity contribution is -0.118. The molecule has 1 aromatic rings. The van der Waals surface area contributed by atoms with Crippen molar-refractivity contribution < 1.29 is 4.79 Å². The summed E-state index contributed by atoms with van der Waals surface area (Å²) in [5.41, 5.74) is 14.9. The molecule has 5 heteroatoms. The average molecular weight is 264 g/mol. The van der Waals surface area contributed by atoms with Gasteiger partial charge in [0.05, 0.1) is 5.69 Å². The number of rotatable bonds is 5. The molecular formula is C14H24N4O. The van der Waals surface area contributed by atoms with Crippen LogP contribution in [0.4, 0.5) is 0 Å². The minimum Gasteiger partial charge on any atom is -0.370 e. The SMILES string of the molecule is CC(C)c1nn(CCC(N)=O)c2c1C(CN)CCC2. The van der Waals surface area contributed by atoms with Gasteiger partial charge in [-0.05, 0) is 37.6 Å². The van der Waals surface area contributed by atoms with Crippen LogP contribution in [0, 0.1) is 0 Å². The Labute approximate surface area is 114 Å². The molecule has 1 aliphatic rings. The highest BCUT2D eigenvalue weighted by molar-refractivity contribution is 5.73. The number of hydrogen-bond acceptors (Lipinski definition) is 3. The fourth-order valence-electron chi connectivity index (χ4n) is 2.96. The van der Waals surface area contributed by atoms with Gasteiger partial charge in [0.2, 0.25) is 5.91 Å². The number of aryl methyl sites for hydroxylation is 1. The lowest BCUT2D eigenvalue weighted by atomic mass is 9.83. The maximum atomic E-state index is 11.0. The zero-order valence-corrected chi connectivity index (χ0v) is 11.9. The maximum absolute atomic E-state index is 11.0. The third-order valence-corrected chi connectivity index (χ3v) is 3.90. The van der Waals surface area contributed by atoms with Gasteiger partial charge in [-0.15, -0.1) is 0 Å². The monoisotopic (exact) mass is 264 g/mol. The van der Waals surface area contributed by atoms with Crippen molar-refractivity contribution in [1.82, 2.24) is 9.78 Å². The molecule has 106 valence electrons. The van der Waals surface area contributed by atoms with E-state index in [1.807, 2.05) is 4.68 Å². The highest BCUT2D eigenvalue weighted by Gasteiger charge is 2.28. The number of carbonyl (C=O) groups is 1. The van der Waals surface area contributed by atoms with Crippen LogP contribution in [-0.4, -0.2) is 22.2 Å². The van der Waals surface area contributed by atoms with Gasteiger partial charge in [-0.3, -0.25) is 9.48 Å². The van der Waals surface area contributed by atoms with Gasteiger partial charge < -0.3 is 11.5 Å². The molecule has 0 aromatic carbocycles. The van der Waals surface area contributed by atoms with Crippen LogP contribution in [0.3, 0.4) is 0 Å². The van der Waals surface area contributed by atoms with Crippen molar-refractivity contribution in [1.29, 1.82) is 0 Å². The predicted molar refractivity (Wildman–Crippen MR) is 74.9 cm³/mol. The summed E-state index contributed by atoms with van der Waals surface area (Å²) in [4.78, 5) is 11.0. The van der Waals surface area contributed by atoms with Crippen LogP contribution < -0.4 is 11.5 Å². The van der Waals surface area contributed by atoms with E-state index in [1.54, 1.807) is 0 Å². The van der Waals surface area contributed by atoms with E-state index < -0.39 is 0 Å². The first-order chi connectivity index (χ1) is 9.04. The summed E-state index contributed by atoms with van der Waals surface area (Å²) in [5, 5.41) is 4.71. The summed E-state index contributed by atoms with van der Waals surface area (Å²) in [6.07, 6.45) is 3.67. The second-order valence-electron chi connectivity index (χ2n) is 5.66. The Hall–Kier alpha value is -1.36. The Bertz CT molecular complexity index is 464. The van der Waals surface area contributed by atoms with E-state index in [0.29, 0.717) is 31.3 Å². The molecule has 0 bridgehead atoms. The van der Waals surface area contributed by atoms with Crippen LogP contribution in [0.2, 0.25) is 0 Å². The van der Waals surface area contributed by atoms with Gasteiger partial charge in [0, 0.05) is 24.2 Å². The first-order valence-electron chi connectivity index (χ1n) is 7.12. The number of carbonyl (C=O) groups excluding carboxylic acids is 1. The number of nitrogens with zero attached hydrogens (tertiary/aromatic N) is 2. The van der Waals surface area contributed by atoms with Crippen molar-refractivity contribution in [3.05, 3.63) is 17.0 Å². The van der Waals surface area contributed by atoms with E-state index in [0.717, 1.165) is 25.0 Å². The smallest absolute Gasteiger partial charge is 0.219 e. The zero-order valence-electron chi connectivity index (χ0n) is 11.9. The van der Waals surface area contributed by atoms with Gasteiger partial charge in [-0.1, -0.05) is 13.8 Å². The maximum Gasteiger partial charge on any atom is 0.219 e. The summed E-state index contributed by atoms with van der Waals surface area (Å²) in [7, 11) is 0. The summed E-state index contributed by atoms with van der Waals surface area (Å²) < 4.78 is 1.98. The number of aromatic nitrogens is 2. The number of fused-ring (bicyclic) bond motifs is 1. The van der Waals surface area contributed by atoms with Crippen molar-refractivity contribution >= 4 is 5.91 Å². The molecule has 1 aliphatic carbocycles. The van der Waals surface area contributed by atoms with Crippen molar-refractivity contribution in [2.75, 3.05) is 6.54 Å². The van der Waals surface area contributed by atoms with Crippen LogP contribution in [-0.2, 0) is 17.8 Å². The summed E-state index contributed by atoms with van der Waals surface area (Å²) in [6, 6.07) is 0. The Kier molecular flexibility index (Phi) is 4.24. The molecule has 0 saturated carbocycles. The molecule has 4 N–H and O–H groups in total. The van der Waals surface area contributed by atoms with Crippen molar-refractivity contribution in [2.24, 2.45) is 11.5 Å². The molecule has 0 aliphatic heterocycles. The van der Waals surface area contributed by atoms with Gasteiger partial charge >= 0.3 is 0 Å². The van der Waals surface area contributed by atoms with Crippen LogP contribution in [0.5, 0.6) is 0 Å². The summed E-state index contributed by atoms with van der Waals surface area (Å²) in [5.74, 6) is 0.528. The van der Waals surface area contributed by atoms with E-state index in [4.69, 9.17) is 16.6 Å². The fraction of sp³-hybridized carbons (Fsp3) is 0.714. The molecule has 19 heavy (non-hydrogen) atoms. The van der Waals surface area contributed by atoms with Gasteiger partial charge in [0.25, 0.3) is 0 Å². The van der Waals surface area contributed by atoms with Crippen molar-refractivity contribution in [3.8, 4) is 0 Å². The molecule has 0 saturated heterocycles. The standard InChI is InChI=1S/C14H24N4O/c1-9(2)14-13-10(8-15)4-3-5-11(13)18(17-14)7-6-12(16)19/h9-10H,3-8,15H2,1-2H3,(H2,16,19). The molecule has 1 atom stereocenters. The lowest BCUT2D eigenvalue weighted by Gasteiger charge is -2.23. The Morgan fingerprint density at radius 1 is 1.53 bits per heavy atom. The molecule has 0 radical (unpaired) electrons. The Morgan fingerprint density at radius 3 is 2.84 bits per heavy atom. The molecule has 0 fully saturated rings. The largest absolute Gasteiger partial charge is 0.370 e. The normalized spacial score (nSPS) is 18.6. The quantitative estimate of drug-likeness (QED) is 0.839. The van der Waals surface area contributed by atoms with E-state index in [9.17, 15) is 4.79 Å². The van der Waals surface area contributed by atoms with Gasteiger partial charge in [0.1, 0.15) is 0 Å². The summed E-state index contributed by atoms with van der Waals surface area (Å²) >= 11 is 0. The van der Waals surface area contributed by atoms with E-state index in [-0.39, 0.29) is 5.91 Å². The van der Waals surface area contributed by atoms with E-state index in [2.05, 4.69) is 13.8 Å². The second kappa shape index (κ2) is 5.74. The third-order valence-electron chi connectivity index (χ3n) is 3.90. The van der Waals surface area contributed by atoms with Crippen LogP contribution >= 0.6 is 0 Å². The van der Waals surface area contributed by atoms with Gasteiger partial charge in [-0.25, -0.2) is 0 Å². The van der Waals surface area contributed by atoms with Crippen molar-refractivity contribution in [2.45, 2.75) is 57.9 Å². The highest BCUT2D eigenvalue weighted by atomic mass is 16.1. The molecule has 0 spiro atoms. The second-order valence-corrected chi connectivity index (χ2v) is 5.66. The zero-order chi connectivity index (χ0) is 14.0. The number of primary amides is 1. The highest BCUT2D eigenvalue weighted by Crippen LogP contribution is 2.36. The van der Waals surface area contributed by atoms with Crippen LogP contribution in [0.25, 0.3) is 0 Å². The molecule has 1 heterocycles. The minimum atomic E-state index is -0.276. The Balaban J connectivity index is 2.38. The predicted octanol–water partition coefficient (Wildman–Crippen LogP) is 1.26. The molecule has 1 unspecified atom stereocenters. The van der Waals surface area contributed by atoms with Crippen LogP contribution in [0.1, 0.15) is 61.9 Å². The average Bonchev–Trinajstić information content (AvgIpc) is 2.75. The first kappa shape index (κ1) is 14.1. The Morgan fingerprint density at radius 2 is 2.26 bits per heavy atom. The van der Waals surface area contributed by atoms with Gasteiger partial charge in [0.15, 0.2) is 0 Å². The van der Waals surface area contributed by atoms with E-state index in [1.165, 1.54) is 11.3 Å². The molecule has 2 rings (SSSR count). The number of nitrogens with two attached hydrogens (primary N) is 2.